The number of hydrogen-bond donors (Lipinski definition) is 1. The zero-order valence-corrected chi connectivity index (χ0v) is 16.7. The summed E-state index contributed by atoms with van der Waals surface area (Å²) >= 11 is 1.32. The normalized spacial score (nSPS) is 11.1. The summed E-state index contributed by atoms with van der Waals surface area (Å²) in [5.74, 6) is -0.172. The fraction of sp³-hybridized carbons (Fsp3) is 0.190. The molecule has 0 atom stereocenters. The molecule has 3 rings (SSSR count). The van der Waals surface area contributed by atoms with Crippen molar-refractivity contribution in [2.45, 2.75) is 36.0 Å². The molecule has 1 N–H and O–H groups in total. The molecule has 0 spiro atoms. The van der Waals surface area contributed by atoms with Crippen LogP contribution in [-0.2, 0) is 4.79 Å². The molecule has 1 amide bonds. The number of fused-ring (bicyclic) bond motifs is 1. The highest BCUT2D eigenvalue weighted by atomic mass is 32.2. The van der Waals surface area contributed by atoms with Crippen LogP contribution in [-0.4, -0.2) is 22.0 Å². The van der Waals surface area contributed by atoms with Crippen LogP contribution in [0.15, 0.2) is 69.6 Å². The molecule has 1 aromatic heterocycles. The maximum absolute atomic E-state index is 11.6. The van der Waals surface area contributed by atoms with E-state index in [0.717, 1.165) is 28.6 Å². The van der Waals surface area contributed by atoms with E-state index >= 15 is 0 Å². The summed E-state index contributed by atoms with van der Waals surface area (Å²) in [6.07, 6.45) is 5.25. The van der Waals surface area contributed by atoms with Gasteiger partial charge in [0, 0.05) is 34.5 Å². The van der Waals surface area contributed by atoms with E-state index in [-0.39, 0.29) is 11.6 Å². The molecular weight excluding hydrogens is 388 g/mol. The van der Waals surface area contributed by atoms with Gasteiger partial charge in [-0.05, 0) is 30.7 Å². The average molecular weight is 408 g/mol. The molecule has 0 saturated heterocycles. The van der Waals surface area contributed by atoms with Gasteiger partial charge >= 0.3 is 0 Å². The number of unbranched alkanes of at least 4 members (excludes halogenated alkanes) is 1. The van der Waals surface area contributed by atoms with Crippen LogP contribution in [0.5, 0.6) is 0 Å². The SMILES string of the molecule is CCCCC(=O)N/N=C/c1ccc(Sc2cccc3ncccc23)c([N+](=O)[O-])c1. The Hall–Kier alpha value is -3.26. The topological polar surface area (TPSA) is 97.5 Å². The fourth-order valence-corrected chi connectivity index (χ4v) is 3.74. The number of carbonyl (C=O) groups is 1. The summed E-state index contributed by atoms with van der Waals surface area (Å²) in [7, 11) is 0. The number of amides is 1. The smallest absolute Gasteiger partial charge is 0.273 e. The maximum atomic E-state index is 11.6. The van der Waals surface area contributed by atoms with Gasteiger partial charge in [-0.2, -0.15) is 5.10 Å². The lowest BCUT2D eigenvalue weighted by atomic mass is 10.2. The van der Waals surface area contributed by atoms with E-state index in [0.29, 0.717) is 16.9 Å². The van der Waals surface area contributed by atoms with Gasteiger partial charge in [0.15, 0.2) is 0 Å². The highest BCUT2D eigenvalue weighted by Gasteiger charge is 2.16. The van der Waals surface area contributed by atoms with E-state index < -0.39 is 4.92 Å². The first-order valence-corrected chi connectivity index (χ1v) is 10.0. The van der Waals surface area contributed by atoms with E-state index in [1.54, 1.807) is 18.3 Å². The third kappa shape index (κ3) is 5.39. The Bertz CT molecular complexity index is 1060. The molecule has 0 saturated carbocycles. The number of aromatic nitrogens is 1. The first-order chi connectivity index (χ1) is 14.1. The number of rotatable bonds is 8. The monoisotopic (exact) mass is 408 g/mol. The molecule has 0 aliphatic rings. The first kappa shape index (κ1) is 20.5. The van der Waals surface area contributed by atoms with Crippen molar-refractivity contribution in [1.29, 1.82) is 0 Å². The predicted octanol–water partition coefficient (Wildman–Crippen LogP) is 4.93. The van der Waals surface area contributed by atoms with Crippen LogP contribution < -0.4 is 5.43 Å². The number of nitrogens with one attached hydrogen (secondary N) is 1. The molecule has 29 heavy (non-hydrogen) atoms. The molecular formula is C21H20N4O3S. The van der Waals surface area contributed by atoms with Crippen LogP contribution >= 0.6 is 11.8 Å². The van der Waals surface area contributed by atoms with Gasteiger partial charge in [0.1, 0.15) is 0 Å². The van der Waals surface area contributed by atoms with Gasteiger partial charge in [0.2, 0.25) is 5.91 Å². The molecule has 0 unspecified atom stereocenters. The molecule has 148 valence electrons. The van der Waals surface area contributed by atoms with Crippen LogP contribution in [0.1, 0.15) is 31.7 Å². The number of carbonyl (C=O) groups excluding carboxylic acids is 1. The van der Waals surface area contributed by atoms with Crippen LogP contribution in [0.4, 0.5) is 5.69 Å². The Morgan fingerprint density at radius 2 is 2.10 bits per heavy atom. The largest absolute Gasteiger partial charge is 0.283 e. The molecule has 0 bridgehead atoms. The van der Waals surface area contributed by atoms with Crippen LogP contribution in [0.3, 0.4) is 0 Å². The second kappa shape index (κ2) is 9.79. The van der Waals surface area contributed by atoms with Crippen molar-refractivity contribution >= 4 is 40.5 Å². The number of hydrogen-bond acceptors (Lipinski definition) is 6. The van der Waals surface area contributed by atoms with Crippen LogP contribution in [0.2, 0.25) is 0 Å². The molecule has 8 heteroatoms. The Balaban J connectivity index is 1.81. The second-order valence-corrected chi connectivity index (χ2v) is 7.39. The van der Waals surface area contributed by atoms with Gasteiger partial charge < -0.3 is 0 Å². The van der Waals surface area contributed by atoms with Crippen LogP contribution in [0, 0.1) is 10.1 Å². The highest BCUT2D eigenvalue weighted by Crippen LogP contribution is 2.38. The average Bonchev–Trinajstić information content (AvgIpc) is 2.73. The number of hydrazone groups is 1. The number of nitro benzene ring substituents is 1. The van der Waals surface area contributed by atoms with Crippen molar-refractivity contribution in [3.63, 3.8) is 0 Å². The highest BCUT2D eigenvalue weighted by molar-refractivity contribution is 7.99. The minimum absolute atomic E-state index is 0.0165. The quantitative estimate of drug-likeness (QED) is 0.324. The minimum atomic E-state index is -0.414. The van der Waals surface area contributed by atoms with E-state index in [1.807, 2.05) is 37.3 Å². The van der Waals surface area contributed by atoms with Crippen molar-refractivity contribution in [2.75, 3.05) is 0 Å². The molecule has 3 aromatic rings. The number of nitrogens with zero attached hydrogens (tertiary/aromatic N) is 3. The minimum Gasteiger partial charge on any atom is -0.273 e. The van der Waals surface area contributed by atoms with Gasteiger partial charge in [-0.25, -0.2) is 5.43 Å². The molecule has 2 aromatic carbocycles. The summed E-state index contributed by atoms with van der Waals surface area (Å²) < 4.78 is 0. The zero-order valence-electron chi connectivity index (χ0n) is 15.9. The maximum Gasteiger partial charge on any atom is 0.283 e. The van der Waals surface area contributed by atoms with Crippen LogP contribution in [0.25, 0.3) is 10.9 Å². The van der Waals surface area contributed by atoms with Crippen molar-refractivity contribution in [2.24, 2.45) is 5.10 Å². The lowest BCUT2D eigenvalue weighted by Gasteiger charge is -2.07. The fourth-order valence-electron chi connectivity index (χ4n) is 2.70. The lowest BCUT2D eigenvalue weighted by Crippen LogP contribution is -2.16. The van der Waals surface area contributed by atoms with Crippen molar-refractivity contribution in [3.8, 4) is 0 Å². The predicted molar refractivity (Wildman–Crippen MR) is 114 cm³/mol. The summed E-state index contributed by atoms with van der Waals surface area (Å²) in [5, 5.41) is 16.4. The Labute approximate surface area is 172 Å². The first-order valence-electron chi connectivity index (χ1n) is 9.20. The third-order valence-electron chi connectivity index (χ3n) is 4.17. The lowest BCUT2D eigenvalue weighted by molar-refractivity contribution is -0.387. The molecule has 7 nitrogen and oxygen atoms in total. The molecule has 1 heterocycles. The molecule has 0 radical (unpaired) electrons. The summed E-state index contributed by atoms with van der Waals surface area (Å²) in [6.45, 7) is 2.00. The molecule has 0 aliphatic heterocycles. The Morgan fingerprint density at radius 3 is 2.90 bits per heavy atom. The summed E-state index contributed by atoms with van der Waals surface area (Å²) in [5.41, 5.74) is 3.80. The van der Waals surface area contributed by atoms with Crippen molar-refractivity contribution in [1.82, 2.24) is 10.4 Å². The van der Waals surface area contributed by atoms with E-state index in [4.69, 9.17) is 0 Å². The number of benzene rings is 2. The van der Waals surface area contributed by atoms with E-state index in [1.165, 1.54) is 24.0 Å². The van der Waals surface area contributed by atoms with E-state index in [2.05, 4.69) is 15.5 Å². The van der Waals surface area contributed by atoms with E-state index in [9.17, 15) is 14.9 Å². The van der Waals surface area contributed by atoms with Crippen molar-refractivity contribution < 1.29 is 9.72 Å². The number of nitro groups is 1. The molecule has 0 fully saturated rings. The second-order valence-electron chi connectivity index (χ2n) is 6.31. The third-order valence-corrected chi connectivity index (χ3v) is 5.31. The zero-order chi connectivity index (χ0) is 20.6. The number of pyridine rings is 1. The standard InChI is InChI=1S/C21H20N4O3S/c1-2-3-9-21(26)24-23-14-15-10-11-20(18(13-15)25(27)28)29-19-8-4-7-17-16(19)6-5-12-22-17/h4-8,10-14H,2-3,9H2,1H3,(H,24,26)/b23-14+. The van der Waals surface area contributed by atoms with Gasteiger partial charge in [-0.1, -0.05) is 43.3 Å². The summed E-state index contributed by atoms with van der Waals surface area (Å²) in [4.78, 5) is 28.5. The Morgan fingerprint density at radius 1 is 1.24 bits per heavy atom. The van der Waals surface area contributed by atoms with Gasteiger partial charge in [0.05, 0.1) is 21.6 Å². The van der Waals surface area contributed by atoms with Gasteiger partial charge in [0.25, 0.3) is 5.69 Å². The van der Waals surface area contributed by atoms with Gasteiger partial charge in [-0.15, -0.1) is 0 Å². The van der Waals surface area contributed by atoms with Gasteiger partial charge in [-0.3, -0.25) is 19.9 Å². The molecule has 0 aliphatic carbocycles. The summed E-state index contributed by atoms with van der Waals surface area (Å²) in [6, 6.07) is 14.4. The Kier molecular flexibility index (Phi) is 6.91. The van der Waals surface area contributed by atoms with Crippen molar-refractivity contribution in [3.05, 3.63) is 70.4 Å².